The number of rotatable bonds is 6. The molecule has 0 radical (unpaired) electrons. The zero-order chi connectivity index (χ0) is 18.8. The summed E-state index contributed by atoms with van der Waals surface area (Å²) in [5.74, 6) is -1.17. The van der Waals surface area contributed by atoms with Crippen LogP contribution in [-0.4, -0.2) is 36.9 Å². The van der Waals surface area contributed by atoms with Gasteiger partial charge in [-0.2, -0.15) is 4.31 Å². The van der Waals surface area contributed by atoms with Gasteiger partial charge in [0.1, 0.15) is 6.04 Å². The zero-order valence-corrected chi connectivity index (χ0v) is 15.7. The summed E-state index contributed by atoms with van der Waals surface area (Å²) >= 11 is 0. The number of carboxylic acids is 1. The normalized spacial score (nSPS) is 13.0. The maximum absolute atomic E-state index is 12.8. The lowest BCUT2D eigenvalue weighted by molar-refractivity contribution is -0.141. The van der Waals surface area contributed by atoms with Gasteiger partial charge in [0.2, 0.25) is 10.0 Å². The molecule has 5 nitrogen and oxygen atoms in total. The molecule has 2 aromatic carbocycles. The Bertz CT molecular complexity index is 873. The van der Waals surface area contributed by atoms with Gasteiger partial charge in [-0.3, -0.25) is 4.79 Å². The van der Waals surface area contributed by atoms with Crippen molar-refractivity contribution in [1.82, 2.24) is 4.31 Å². The van der Waals surface area contributed by atoms with Crippen LogP contribution in [0.2, 0.25) is 0 Å². The SMILES string of the molecule is Cc1ccc(S(=O)(=O)N(C)[C@@H](Cc2cccc(C)c2C)C(=O)O)cc1. The van der Waals surface area contributed by atoms with Gasteiger partial charge in [0.15, 0.2) is 0 Å². The topological polar surface area (TPSA) is 74.7 Å². The second-order valence-corrected chi connectivity index (χ2v) is 8.25. The van der Waals surface area contributed by atoms with Crippen molar-refractivity contribution in [3.8, 4) is 0 Å². The van der Waals surface area contributed by atoms with Crippen molar-refractivity contribution in [1.29, 1.82) is 0 Å². The van der Waals surface area contributed by atoms with Crippen LogP contribution in [0.25, 0.3) is 0 Å². The summed E-state index contributed by atoms with van der Waals surface area (Å²) in [6, 6.07) is 10.8. The van der Waals surface area contributed by atoms with Crippen LogP contribution in [0.15, 0.2) is 47.4 Å². The zero-order valence-electron chi connectivity index (χ0n) is 14.9. The molecule has 1 atom stereocenters. The summed E-state index contributed by atoms with van der Waals surface area (Å²) in [5, 5.41) is 9.61. The fourth-order valence-electron chi connectivity index (χ4n) is 2.66. The van der Waals surface area contributed by atoms with E-state index in [2.05, 4.69) is 0 Å². The minimum atomic E-state index is -3.89. The fourth-order valence-corrected chi connectivity index (χ4v) is 3.97. The third kappa shape index (κ3) is 4.08. The number of carboxylic acid groups (broad SMARTS) is 1. The first-order chi connectivity index (χ1) is 11.6. The molecule has 0 bridgehead atoms. The lowest BCUT2D eigenvalue weighted by atomic mass is 9.98. The van der Waals surface area contributed by atoms with Gasteiger partial charge in [-0.05, 0) is 56.0 Å². The number of aliphatic carboxylic acids is 1. The highest BCUT2D eigenvalue weighted by atomic mass is 32.2. The number of benzene rings is 2. The second-order valence-electron chi connectivity index (χ2n) is 6.25. The molecule has 2 aromatic rings. The van der Waals surface area contributed by atoms with Crippen molar-refractivity contribution in [2.24, 2.45) is 0 Å². The molecular formula is C19H23NO4S. The summed E-state index contributed by atoms with van der Waals surface area (Å²) in [6.45, 7) is 5.72. The summed E-state index contributed by atoms with van der Waals surface area (Å²) in [6.07, 6.45) is 0.116. The molecule has 0 amide bonds. The molecule has 0 aromatic heterocycles. The second kappa shape index (κ2) is 7.37. The number of sulfonamides is 1. The van der Waals surface area contributed by atoms with E-state index in [-0.39, 0.29) is 11.3 Å². The van der Waals surface area contributed by atoms with Crippen LogP contribution in [0.1, 0.15) is 22.3 Å². The molecule has 0 heterocycles. The van der Waals surface area contributed by atoms with Crippen molar-refractivity contribution >= 4 is 16.0 Å². The van der Waals surface area contributed by atoms with E-state index in [0.717, 1.165) is 26.6 Å². The van der Waals surface area contributed by atoms with Crippen molar-refractivity contribution in [2.75, 3.05) is 7.05 Å². The molecule has 0 aliphatic carbocycles. The van der Waals surface area contributed by atoms with Crippen LogP contribution in [0.5, 0.6) is 0 Å². The van der Waals surface area contributed by atoms with Crippen LogP contribution in [0.4, 0.5) is 0 Å². The molecule has 1 N–H and O–H groups in total. The highest BCUT2D eigenvalue weighted by molar-refractivity contribution is 7.89. The fraction of sp³-hybridized carbons (Fsp3) is 0.316. The van der Waals surface area contributed by atoms with Crippen molar-refractivity contribution in [3.63, 3.8) is 0 Å². The molecule has 0 aliphatic heterocycles. The van der Waals surface area contributed by atoms with Crippen LogP contribution in [0.3, 0.4) is 0 Å². The lowest BCUT2D eigenvalue weighted by Gasteiger charge is -2.25. The maximum atomic E-state index is 12.8. The van der Waals surface area contributed by atoms with E-state index in [9.17, 15) is 18.3 Å². The molecule has 134 valence electrons. The summed E-state index contributed by atoms with van der Waals surface area (Å²) in [4.78, 5) is 11.9. The van der Waals surface area contributed by atoms with Gasteiger partial charge < -0.3 is 5.11 Å². The lowest BCUT2D eigenvalue weighted by Crippen LogP contribution is -2.43. The molecule has 0 saturated carbocycles. The van der Waals surface area contributed by atoms with Crippen LogP contribution < -0.4 is 0 Å². The van der Waals surface area contributed by atoms with Gasteiger partial charge in [0.25, 0.3) is 0 Å². The Morgan fingerprint density at radius 1 is 1.08 bits per heavy atom. The molecule has 2 rings (SSSR count). The molecule has 0 spiro atoms. The van der Waals surface area contributed by atoms with Gasteiger partial charge in [-0.15, -0.1) is 0 Å². The van der Waals surface area contributed by atoms with Gasteiger partial charge >= 0.3 is 5.97 Å². The standard InChI is InChI=1S/C19H23NO4S/c1-13-8-10-17(11-9-13)25(23,24)20(4)18(19(21)22)12-16-7-5-6-14(2)15(16)3/h5-11,18H,12H2,1-4H3,(H,21,22)/t18-/m0/s1. The Balaban J connectivity index is 2.37. The molecule has 0 saturated heterocycles. The van der Waals surface area contributed by atoms with Crippen LogP contribution in [0, 0.1) is 20.8 Å². The highest BCUT2D eigenvalue weighted by Gasteiger charge is 2.33. The van der Waals surface area contributed by atoms with E-state index >= 15 is 0 Å². The van der Waals surface area contributed by atoms with E-state index in [1.54, 1.807) is 12.1 Å². The smallest absolute Gasteiger partial charge is 0.322 e. The molecule has 0 unspecified atom stereocenters. The molecule has 6 heteroatoms. The summed E-state index contributed by atoms with van der Waals surface area (Å²) < 4.78 is 26.5. The van der Waals surface area contributed by atoms with Crippen molar-refractivity contribution in [3.05, 3.63) is 64.7 Å². The molecular weight excluding hydrogens is 338 g/mol. The Morgan fingerprint density at radius 2 is 1.68 bits per heavy atom. The Hall–Kier alpha value is -2.18. The molecule has 0 fully saturated rings. The minimum absolute atomic E-state index is 0.0906. The number of hydrogen-bond donors (Lipinski definition) is 1. The van der Waals surface area contributed by atoms with E-state index < -0.39 is 22.0 Å². The Morgan fingerprint density at radius 3 is 2.24 bits per heavy atom. The third-order valence-corrected chi connectivity index (χ3v) is 6.43. The maximum Gasteiger partial charge on any atom is 0.322 e. The van der Waals surface area contributed by atoms with E-state index in [0.29, 0.717) is 0 Å². The minimum Gasteiger partial charge on any atom is -0.480 e. The summed E-state index contributed by atoms with van der Waals surface area (Å²) in [5.41, 5.74) is 3.80. The first-order valence-corrected chi connectivity index (χ1v) is 9.41. The predicted octanol–water partition coefficient (Wildman–Crippen LogP) is 2.93. The van der Waals surface area contributed by atoms with Crippen molar-refractivity contribution in [2.45, 2.75) is 38.1 Å². The quantitative estimate of drug-likeness (QED) is 0.858. The van der Waals surface area contributed by atoms with E-state index in [4.69, 9.17) is 0 Å². The summed E-state index contributed by atoms with van der Waals surface area (Å²) in [7, 11) is -2.57. The number of nitrogens with zero attached hydrogens (tertiary/aromatic N) is 1. The van der Waals surface area contributed by atoms with Gasteiger partial charge in [0.05, 0.1) is 4.90 Å². The largest absolute Gasteiger partial charge is 0.480 e. The monoisotopic (exact) mass is 361 g/mol. The van der Waals surface area contributed by atoms with Gasteiger partial charge in [0, 0.05) is 7.05 Å². The third-order valence-electron chi connectivity index (χ3n) is 4.55. The van der Waals surface area contributed by atoms with E-state index in [1.807, 2.05) is 39.0 Å². The first kappa shape index (κ1) is 19.1. The Labute approximate surface area is 149 Å². The van der Waals surface area contributed by atoms with Gasteiger partial charge in [-0.25, -0.2) is 8.42 Å². The predicted molar refractivity (Wildman–Crippen MR) is 97.2 cm³/mol. The number of likely N-dealkylation sites (N-methyl/N-ethyl adjacent to an activating group) is 1. The van der Waals surface area contributed by atoms with Crippen molar-refractivity contribution < 1.29 is 18.3 Å². The number of aryl methyl sites for hydroxylation is 2. The van der Waals surface area contributed by atoms with Crippen LogP contribution >= 0.6 is 0 Å². The number of carbonyl (C=O) groups is 1. The number of hydrogen-bond acceptors (Lipinski definition) is 3. The molecule has 25 heavy (non-hydrogen) atoms. The van der Waals surface area contributed by atoms with Crippen LogP contribution in [-0.2, 0) is 21.2 Å². The molecule has 0 aliphatic rings. The van der Waals surface area contributed by atoms with Gasteiger partial charge in [-0.1, -0.05) is 35.9 Å². The first-order valence-electron chi connectivity index (χ1n) is 7.97. The average molecular weight is 361 g/mol. The Kier molecular flexibility index (Phi) is 5.65. The highest BCUT2D eigenvalue weighted by Crippen LogP contribution is 2.21. The average Bonchev–Trinajstić information content (AvgIpc) is 2.55. The van der Waals surface area contributed by atoms with E-state index in [1.165, 1.54) is 19.2 Å².